The Morgan fingerprint density at radius 2 is 2.38 bits per heavy atom. The lowest BCUT2D eigenvalue weighted by Gasteiger charge is -1.75. The molecule has 0 bridgehead atoms. The van der Waals surface area contributed by atoms with Crippen LogP contribution in [0.5, 0.6) is 0 Å². The normalized spacial score (nSPS) is 12.5. The summed E-state index contributed by atoms with van der Waals surface area (Å²) in [6, 6.07) is 0. The highest BCUT2D eigenvalue weighted by Crippen LogP contribution is 1.84. The predicted molar refractivity (Wildman–Crippen MR) is 38.3 cm³/mol. The van der Waals surface area contributed by atoms with Crippen molar-refractivity contribution in [2.24, 2.45) is 4.99 Å². The summed E-state index contributed by atoms with van der Waals surface area (Å²) in [6.45, 7) is 5.18. The van der Waals surface area contributed by atoms with E-state index in [1.807, 2.05) is 0 Å². The Bertz CT molecular complexity index is 120. The van der Waals surface area contributed by atoms with E-state index in [-0.39, 0.29) is 0 Å². The van der Waals surface area contributed by atoms with Crippen LogP contribution in [0.2, 0.25) is 0 Å². The number of allylic oxidation sites excluding steroid dienone is 2. The lowest BCUT2D eigenvalue weighted by atomic mass is 10.6. The lowest BCUT2D eigenvalue weighted by Crippen LogP contribution is -1.68. The molecule has 0 spiro atoms. The maximum atomic E-state index is 5.38. The van der Waals surface area contributed by atoms with E-state index in [0.29, 0.717) is 5.17 Å². The second-order valence-corrected chi connectivity index (χ2v) is 1.75. The molecule has 0 aromatic rings. The van der Waals surface area contributed by atoms with Crippen molar-refractivity contribution in [1.82, 2.24) is 0 Å². The van der Waals surface area contributed by atoms with Crippen molar-refractivity contribution < 1.29 is 0 Å². The average molecular weight is 130 g/mol. The van der Waals surface area contributed by atoms with Gasteiger partial charge in [0.2, 0.25) is 0 Å². The van der Waals surface area contributed by atoms with Crippen LogP contribution < -0.4 is 0 Å². The van der Waals surface area contributed by atoms with Gasteiger partial charge >= 0.3 is 0 Å². The molecule has 0 unspecified atom stereocenters. The van der Waals surface area contributed by atoms with E-state index in [2.05, 4.69) is 11.6 Å². The number of nitrogens with zero attached hydrogens (tertiary/aromatic N) is 1. The molecule has 0 aliphatic rings. The van der Waals surface area contributed by atoms with Crippen LogP contribution in [0.4, 0.5) is 0 Å². The largest absolute Gasteiger partial charge is 0.249 e. The highest BCUT2D eigenvalue weighted by Gasteiger charge is 1.70. The number of halogens is 1. The monoisotopic (exact) mass is 129 g/mol. The molecule has 1 nitrogen and oxygen atoms in total. The van der Waals surface area contributed by atoms with Gasteiger partial charge in [0.15, 0.2) is 0 Å². The van der Waals surface area contributed by atoms with Crippen LogP contribution >= 0.6 is 11.6 Å². The molecule has 0 fully saturated rings. The van der Waals surface area contributed by atoms with Gasteiger partial charge in [-0.25, -0.2) is 4.99 Å². The number of rotatable bonds is 2. The first-order valence-electron chi connectivity index (χ1n) is 2.25. The van der Waals surface area contributed by atoms with Crippen molar-refractivity contribution in [2.75, 3.05) is 0 Å². The van der Waals surface area contributed by atoms with Gasteiger partial charge in [-0.05, 0) is 13.0 Å². The van der Waals surface area contributed by atoms with Crippen LogP contribution in [-0.4, -0.2) is 5.17 Å². The fraction of sp³-hybridized carbons (Fsp3) is 0.167. The Morgan fingerprint density at radius 1 is 1.75 bits per heavy atom. The summed E-state index contributed by atoms with van der Waals surface area (Å²) in [5, 5.41) is 0.531. The first-order valence-corrected chi connectivity index (χ1v) is 2.62. The molecule has 0 N–H and O–H groups in total. The number of hydrogen-bond donors (Lipinski definition) is 0. The van der Waals surface area contributed by atoms with E-state index in [1.54, 1.807) is 25.3 Å². The zero-order valence-electron chi connectivity index (χ0n) is 4.76. The van der Waals surface area contributed by atoms with Crippen LogP contribution in [0.15, 0.2) is 29.9 Å². The van der Waals surface area contributed by atoms with E-state index >= 15 is 0 Å². The van der Waals surface area contributed by atoms with Gasteiger partial charge in [-0.2, -0.15) is 0 Å². The maximum absolute atomic E-state index is 5.38. The van der Waals surface area contributed by atoms with Crippen LogP contribution in [0, 0.1) is 0 Å². The molecule has 0 aliphatic heterocycles. The Morgan fingerprint density at radius 3 is 2.75 bits per heavy atom. The molecule has 0 heterocycles. The second kappa shape index (κ2) is 4.60. The van der Waals surface area contributed by atoms with E-state index in [0.717, 1.165) is 0 Å². The first-order chi connectivity index (χ1) is 3.77. The van der Waals surface area contributed by atoms with Gasteiger partial charge in [-0.3, -0.25) is 0 Å². The standard InChI is InChI=1S/C6H8ClN/c1-3-4-5-8-6(2)7/h3-5H,1H2,2H3/b5-4-,8-6?. The van der Waals surface area contributed by atoms with Crippen LogP contribution in [-0.2, 0) is 0 Å². The molecule has 0 aromatic carbocycles. The van der Waals surface area contributed by atoms with Crippen molar-refractivity contribution >= 4 is 16.8 Å². The van der Waals surface area contributed by atoms with Crippen molar-refractivity contribution in [1.29, 1.82) is 0 Å². The Balaban J connectivity index is 3.57. The molecule has 0 rings (SSSR count). The van der Waals surface area contributed by atoms with Crippen molar-refractivity contribution in [3.8, 4) is 0 Å². The highest BCUT2D eigenvalue weighted by atomic mass is 35.5. The molecular formula is C6H8ClN. The molecule has 0 amide bonds. The molecule has 0 saturated heterocycles. The van der Waals surface area contributed by atoms with Crippen molar-refractivity contribution in [3.63, 3.8) is 0 Å². The second-order valence-electron chi connectivity index (χ2n) is 1.20. The molecule has 0 radical (unpaired) electrons. The quantitative estimate of drug-likeness (QED) is 0.401. The van der Waals surface area contributed by atoms with Crippen molar-refractivity contribution in [3.05, 3.63) is 24.9 Å². The summed E-state index contributed by atoms with van der Waals surface area (Å²) >= 11 is 5.38. The third-order valence-electron chi connectivity index (χ3n) is 0.475. The minimum Gasteiger partial charge on any atom is -0.249 e. The fourth-order valence-corrected chi connectivity index (χ4v) is 0.263. The zero-order chi connectivity index (χ0) is 6.41. The molecule has 0 aliphatic carbocycles. The summed E-state index contributed by atoms with van der Waals surface area (Å²) in [5.41, 5.74) is 0. The average Bonchev–Trinajstić information content (AvgIpc) is 1.66. The summed E-state index contributed by atoms with van der Waals surface area (Å²) < 4.78 is 0. The molecular weight excluding hydrogens is 122 g/mol. The van der Waals surface area contributed by atoms with Gasteiger partial charge in [-0.1, -0.05) is 24.3 Å². The van der Waals surface area contributed by atoms with Gasteiger partial charge in [0, 0.05) is 6.20 Å². The maximum Gasteiger partial charge on any atom is 0.103 e. The van der Waals surface area contributed by atoms with E-state index in [9.17, 15) is 0 Å². The minimum atomic E-state index is 0.531. The van der Waals surface area contributed by atoms with Crippen LogP contribution in [0.25, 0.3) is 0 Å². The summed E-state index contributed by atoms with van der Waals surface area (Å²) in [5.74, 6) is 0. The van der Waals surface area contributed by atoms with Crippen LogP contribution in [0.1, 0.15) is 6.92 Å². The Labute approximate surface area is 54.4 Å². The van der Waals surface area contributed by atoms with Gasteiger partial charge in [0.25, 0.3) is 0 Å². The van der Waals surface area contributed by atoms with Crippen LogP contribution in [0.3, 0.4) is 0 Å². The fourth-order valence-electron chi connectivity index (χ4n) is 0.207. The summed E-state index contributed by atoms with van der Waals surface area (Å²) in [7, 11) is 0. The highest BCUT2D eigenvalue weighted by molar-refractivity contribution is 6.64. The molecule has 0 atom stereocenters. The van der Waals surface area contributed by atoms with Gasteiger partial charge in [-0.15, -0.1) is 0 Å². The van der Waals surface area contributed by atoms with Crippen molar-refractivity contribution in [2.45, 2.75) is 6.92 Å². The number of aliphatic imine (C=N–C) groups is 1. The third kappa shape index (κ3) is 5.44. The zero-order valence-corrected chi connectivity index (χ0v) is 5.52. The predicted octanol–water partition coefficient (Wildman–Crippen LogP) is 2.34. The van der Waals surface area contributed by atoms with Gasteiger partial charge in [0.1, 0.15) is 5.17 Å². The molecule has 8 heavy (non-hydrogen) atoms. The number of hydrogen-bond acceptors (Lipinski definition) is 1. The SMILES string of the molecule is C=C/C=C\N=C(C)Cl. The molecule has 44 valence electrons. The third-order valence-corrected chi connectivity index (χ3v) is 0.572. The van der Waals surface area contributed by atoms with Gasteiger partial charge in [0.05, 0.1) is 0 Å². The Hall–Kier alpha value is -0.560. The molecule has 0 aromatic heterocycles. The minimum absolute atomic E-state index is 0.531. The summed E-state index contributed by atoms with van der Waals surface area (Å²) in [4.78, 5) is 3.74. The summed E-state index contributed by atoms with van der Waals surface area (Å²) in [6.07, 6.45) is 4.95. The molecule has 0 saturated carbocycles. The van der Waals surface area contributed by atoms with E-state index < -0.39 is 0 Å². The molecule has 2 heteroatoms. The Kier molecular flexibility index (Phi) is 4.27. The van der Waals surface area contributed by atoms with E-state index in [4.69, 9.17) is 11.6 Å². The van der Waals surface area contributed by atoms with Gasteiger partial charge < -0.3 is 0 Å². The smallest absolute Gasteiger partial charge is 0.103 e. The van der Waals surface area contributed by atoms with E-state index in [1.165, 1.54) is 0 Å². The first kappa shape index (κ1) is 7.44. The lowest BCUT2D eigenvalue weighted by molar-refractivity contribution is 1.56. The topological polar surface area (TPSA) is 12.4 Å².